The third-order valence-corrected chi connectivity index (χ3v) is 8.17. The van der Waals surface area contributed by atoms with Gasteiger partial charge in [-0.2, -0.15) is 0 Å². The van der Waals surface area contributed by atoms with Crippen LogP contribution in [-0.4, -0.2) is 32.1 Å². The van der Waals surface area contributed by atoms with Crippen LogP contribution in [0.3, 0.4) is 0 Å². The molecule has 9 heteroatoms. The summed E-state index contributed by atoms with van der Waals surface area (Å²) in [7, 11) is -4.18. The van der Waals surface area contributed by atoms with Gasteiger partial charge in [0.05, 0.1) is 17.2 Å². The monoisotopic (exact) mass is 558 g/mol. The van der Waals surface area contributed by atoms with E-state index in [0.29, 0.717) is 12.1 Å². The van der Waals surface area contributed by atoms with Crippen molar-refractivity contribution in [2.24, 2.45) is 0 Å². The Morgan fingerprint density at radius 3 is 2.41 bits per heavy atom. The maximum absolute atomic E-state index is 13.7. The number of unbranched alkanes of at least 4 members (excludes halogenated alkanes) is 1. The Kier molecular flexibility index (Phi) is 8.79. The molecule has 6 nitrogen and oxygen atoms in total. The molecular formula is C28H28Cl2N2O4S. The molecule has 0 aliphatic rings. The Hall–Kier alpha value is -3.00. The Morgan fingerprint density at radius 2 is 1.70 bits per heavy atom. The van der Waals surface area contributed by atoms with Gasteiger partial charge >= 0.3 is 5.97 Å². The van der Waals surface area contributed by atoms with Gasteiger partial charge in [-0.3, -0.25) is 9.10 Å². The van der Waals surface area contributed by atoms with Crippen LogP contribution in [0.4, 0.5) is 5.69 Å². The largest absolute Gasteiger partial charge is 0.464 e. The highest BCUT2D eigenvalue weighted by Crippen LogP contribution is 2.30. The van der Waals surface area contributed by atoms with E-state index in [2.05, 4.69) is 16.7 Å². The van der Waals surface area contributed by atoms with Gasteiger partial charge in [0.1, 0.15) is 6.54 Å². The molecule has 37 heavy (non-hydrogen) atoms. The number of hydrogen-bond acceptors (Lipinski definition) is 4. The van der Waals surface area contributed by atoms with Crippen LogP contribution in [0.5, 0.6) is 0 Å². The predicted molar refractivity (Wildman–Crippen MR) is 149 cm³/mol. The first-order valence-corrected chi connectivity index (χ1v) is 14.2. The number of aromatic nitrogens is 1. The minimum absolute atomic E-state index is 0.105. The van der Waals surface area contributed by atoms with Crippen molar-refractivity contribution in [3.8, 4) is 0 Å². The molecule has 0 saturated carbocycles. The quantitative estimate of drug-likeness (QED) is 0.151. The zero-order chi connectivity index (χ0) is 26.4. The molecule has 0 N–H and O–H groups in total. The second-order valence-corrected chi connectivity index (χ2v) is 11.4. The number of fused-ring (bicyclic) bond motifs is 1. The summed E-state index contributed by atoms with van der Waals surface area (Å²) >= 11 is 12.2. The summed E-state index contributed by atoms with van der Waals surface area (Å²) in [5.74, 6) is -0.634. The molecule has 1 aromatic heterocycles. The van der Waals surface area contributed by atoms with Gasteiger partial charge in [0.15, 0.2) is 0 Å². The number of benzene rings is 3. The number of halogens is 2. The van der Waals surface area contributed by atoms with E-state index >= 15 is 0 Å². The normalized spacial score (nSPS) is 11.5. The van der Waals surface area contributed by atoms with E-state index < -0.39 is 22.5 Å². The van der Waals surface area contributed by atoms with Gasteiger partial charge in [-0.1, -0.05) is 66.9 Å². The molecule has 0 aliphatic carbocycles. The summed E-state index contributed by atoms with van der Waals surface area (Å²) < 4.78 is 35.8. The summed E-state index contributed by atoms with van der Waals surface area (Å²) in [6.45, 7) is 2.51. The molecule has 0 amide bonds. The fourth-order valence-corrected chi connectivity index (χ4v) is 6.17. The maximum atomic E-state index is 13.7. The van der Waals surface area contributed by atoms with Crippen LogP contribution in [0.25, 0.3) is 10.9 Å². The van der Waals surface area contributed by atoms with Gasteiger partial charge in [0.2, 0.25) is 0 Å². The summed E-state index contributed by atoms with van der Waals surface area (Å²) in [5, 5.41) is 1.22. The number of aryl methyl sites for hydroxylation is 2. The van der Waals surface area contributed by atoms with Crippen molar-refractivity contribution in [2.45, 2.75) is 37.6 Å². The molecule has 0 spiro atoms. The number of hydrogen-bond donors (Lipinski definition) is 0. The van der Waals surface area contributed by atoms with E-state index in [1.807, 2.05) is 43.5 Å². The fraction of sp³-hybridized carbons (Fsp3) is 0.250. The molecule has 0 unspecified atom stereocenters. The molecule has 0 aliphatic heterocycles. The number of anilines is 1. The number of esters is 1. The van der Waals surface area contributed by atoms with E-state index in [9.17, 15) is 13.2 Å². The van der Waals surface area contributed by atoms with Gasteiger partial charge in [-0.05, 0) is 60.9 Å². The lowest BCUT2D eigenvalue weighted by Crippen LogP contribution is -2.36. The summed E-state index contributed by atoms with van der Waals surface area (Å²) in [6, 6.07) is 21.6. The van der Waals surface area contributed by atoms with E-state index in [-0.39, 0.29) is 21.5 Å². The molecule has 4 rings (SSSR count). The van der Waals surface area contributed by atoms with Crippen molar-refractivity contribution in [1.29, 1.82) is 0 Å². The molecular weight excluding hydrogens is 531 g/mol. The van der Waals surface area contributed by atoms with Crippen LogP contribution in [0.2, 0.25) is 10.0 Å². The molecule has 194 valence electrons. The Morgan fingerprint density at radius 1 is 0.973 bits per heavy atom. The SMILES string of the molecule is CCCCOC(=O)CN(c1ccc2c(ccn2CCc2ccccc2)c1)S(=O)(=O)c1cc(Cl)cc(Cl)c1. The first-order chi connectivity index (χ1) is 17.8. The second kappa shape index (κ2) is 12.0. The molecule has 1 heterocycles. The lowest BCUT2D eigenvalue weighted by molar-refractivity contribution is -0.141. The maximum Gasteiger partial charge on any atom is 0.326 e. The van der Waals surface area contributed by atoms with E-state index in [1.54, 1.807) is 12.1 Å². The van der Waals surface area contributed by atoms with E-state index in [4.69, 9.17) is 27.9 Å². The number of sulfonamides is 1. The topological polar surface area (TPSA) is 68.6 Å². The number of carbonyl (C=O) groups excluding carboxylic acids is 1. The Labute approximate surface area is 227 Å². The lowest BCUT2D eigenvalue weighted by atomic mass is 10.1. The van der Waals surface area contributed by atoms with Crippen molar-refractivity contribution < 1.29 is 17.9 Å². The smallest absolute Gasteiger partial charge is 0.326 e. The van der Waals surface area contributed by atoms with Gasteiger partial charge in [-0.25, -0.2) is 8.42 Å². The van der Waals surface area contributed by atoms with Crippen LogP contribution < -0.4 is 4.31 Å². The first-order valence-electron chi connectivity index (χ1n) is 12.0. The third kappa shape index (κ3) is 6.66. The van der Waals surface area contributed by atoms with Gasteiger partial charge in [-0.15, -0.1) is 0 Å². The number of ether oxygens (including phenoxy) is 1. The zero-order valence-electron chi connectivity index (χ0n) is 20.4. The van der Waals surface area contributed by atoms with Crippen molar-refractivity contribution in [1.82, 2.24) is 4.57 Å². The average molecular weight is 560 g/mol. The van der Waals surface area contributed by atoms with Crippen LogP contribution in [0, 0.1) is 0 Å². The van der Waals surface area contributed by atoms with Crippen molar-refractivity contribution in [3.63, 3.8) is 0 Å². The molecule has 0 saturated heterocycles. The summed E-state index contributed by atoms with van der Waals surface area (Å²) in [6.07, 6.45) is 4.40. The number of nitrogens with zero attached hydrogens (tertiary/aromatic N) is 2. The van der Waals surface area contributed by atoms with Crippen LogP contribution in [0.15, 0.2) is 83.9 Å². The number of carbonyl (C=O) groups is 1. The fourth-order valence-electron chi connectivity index (χ4n) is 4.04. The van der Waals surface area contributed by atoms with Crippen LogP contribution in [-0.2, 0) is 32.5 Å². The standard InChI is InChI=1S/C28H28Cl2N2O4S/c1-2-3-15-36-28(33)20-32(37(34,35)26-18-23(29)17-24(30)19-26)25-9-10-27-22(16-25)12-14-31(27)13-11-21-7-5-4-6-8-21/h4-10,12,14,16-19H,2-3,11,13,15,20H2,1H3. The highest BCUT2D eigenvalue weighted by Gasteiger charge is 2.29. The van der Waals surface area contributed by atoms with Crippen molar-refractivity contribution in [3.05, 3.63) is 94.6 Å². The highest BCUT2D eigenvalue weighted by atomic mass is 35.5. The molecule has 0 bridgehead atoms. The first kappa shape index (κ1) is 27.0. The summed E-state index contributed by atoms with van der Waals surface area (Å²) in [5.41, 5.74) is 2.55. The Bertz CT molecular complexity index is 1470. The van der Waals surface area contributed by atoms with Crippen molar-refractivity contribution >= 4 is 55.8 Å². The molecule has 4 aromatic rings. The summed E-state index contributed by atoms with van der Waals surface area (Å²) in [4.78, 5) is 12.5. The molecule has 0 atom stereocenters. The van der Waals surface area contributed by atoms with Gasteiger partial charge in [0.25, 0.3) is 10.0 Å². The minimum Gasteiger partial charge on any atom is -0.464 e. The molecule has 0 fully saturated rings. The zero-order valence-corrected chi connectivity index (χ0v) is 22.8. The number of rotatable bonds is 11. The van der Waals surface area contributed by atoms with Gasteiger partial charge in [0, 0.05) is 33.7 Å². The minimum atomic E-state index is -4.18. The second-order valence-electron chi connectivity index (χ2n) is 8.68. The lowest BCUT2D eigenvalue weighted by Gasteiger charge is -2.24. The van der Waals surface area contributed by atoms with Crippen LogP contribution in [0.1, 0.15) is 25.3 Å². The van der Waals surface area contributed by atoms with E-state index in [0.717, 1.165) is 34.6 Å². The highest BCUT2D eigenvalue weighted by molar-refractivity contribution is 7.92. The van der Waals surface area contributed by atoms with E-state index in [1.165, 1.54) is 23.8 Å². The van der Waals surface area contributed by atoms with Crippen LogP contribution >= 0.6 is 23.2 Å². The van der Waals surface area contributed by atoms with Crippen molar-refractivity contribution in [2.75, 3.05) is 17.5 Å². The average Bonchev–Trinajstić information content (AvgIpc) is 3.28. The molecule has 0 radical (unpaired) electrons. The molecule has 3 aromatic carbocycles. The Balaban J connectivity index is 1.66. The van der Waals surface area contributed by atoms with Gasteiger partial charge < -0.3 is 9.30 Å². The predicted octanol–water partition coefficient (Wildman–Crippen LogP) is 6.73. The third-order valence-electron chi connectivity index (χ3n) is 5.98.